The average molecular weight is 306 g/mol. The number of hydrogen-bond donors (Lipinski definition) is 1. The Morgan fingerprint density at radius 2 is 2.14 bits per heavy atom. The molecule has 2 amide bonds. The number of hydrogen-bond acceptors (Lipinski definition) is 4. The van der Waals surface area contributed by atoms with Crippen molar-refractivity contribution in [1.29, 1.82) is 0 Å². The van der Waals surface area contributed by atoms with Crippen LogP contribution in [0.3, 0.4) is 0 Å². The van der Waals surface area contributed by atoms with Crippen molar-refractivity contribution in [2.75, 3.05) is 30.0 Å². The van der Waals surface area contributed by atoms with Gasteiger partial charge in [-0.1, -0.05) is 0 Å². The Bertz CT molecular complexity index is 584. The van der Waals surface area contributed by atoms with Crippen molar-refractivity contribution in [1.82, 2.24) is 0 Å². The van der Waals surface area contributed by atoms with E-state index in [0.717, 1.165) is 0 Å². The predicted molar refractivity (Wildman–Crippen MR) is 84.4 cm³/mol. The van der Waals surface area contributed by atoms with Crippen molar-refractivity contribution in [2.45, 2.75) is 27.7 Å². The van der Waals surface area contributed by atoms with E-state index in [2.05, 4.69) is 5.32 Å². The molecule has 1 N–H and O–H groups in total. The summed E-state index contributed by atoms with van der Waals surface area (Å²) in [6.07, 6.45) is -0.522. The topological polar surface area (TPSA) is 67.9 Å². The maximum atomic E-state index is 12.6. The van der Waals surface area contributed by atoms with Crippen LogP contribution in [0.4, 0.5) is 16.2 Å². The van der Waals surface area contributed by atoms with Crippen LogP contribution < -0.4 is 15.0 Å². The predicted octanol–water partition coefficient (Wildman–Crippen LogP) is 3.03. The van der Waals surface area contributed by atoms with Crippen LogP contribution in [0.2, 0.25) is 0 Å². The zero-order valence-electron chi connectivity index (χ0n) is 13.4. The number of anilines is 2. The molecular formula is C16H22N2O4. The van der Waals surface area contributed by atoms with E-state index < -0.39 is 11.5 Å². The molecule has 2 rings (SSSR count). The van der Waals surface area contributed by atoms with Crippen molar-refractivity contribution in [3.63, 3.8) is 0 Å². The minimum absolute atomic E-state index is 0.00188. The van der Waals surface area contributed by atoms with Gasteiger partial charge in [0.15, 0.2) is 0 Å². The lowest BCUT2D eigenvalue weighted by Gasteiger charge is -2.27. The Hall–Kier alpha value is -2.24. The molecule has 0 saturated carbocycles. The van der Waals surface area contributed by atoms with Gasteiger partial charge >= 0.3 is 6.09 Å². The van der Waals surface area contributed by atoms with E-state index in [1.165, 1.54) is 0 Å². The highest BCUT2D eigenvalue weighted by Gasteiger charge is 2.37. The van der Waals surface area contributed by atoms with Crippen LogP contribution in [0.15, 0.2) is 18.2 Å². The van der Waals surface area contributed by atoms with Crippen molar-refractivity contribution < 1.29 is 19.1 Å². The van der Waals surface area contributed by atoms with Crippen molar-refractivity contribution in [3.05, 3.63) is 18.2 Å². The first kappa shape index (κ1) is 16.1. The fraction of sp³-hybridized carbons (Fsp3) is 0.500. The molecular weight excluding hydrogens is 284 g/mol. The summed E-state index contributed by atoms with van der Waals surface area (Å²) in [7, 11) is 0. The molecule has 6 nitrogen and oxygen atoms in total. The van der Waals surface area contributed by atoms with Crippen molar-refractivity contribution >= 4 is 23.4 Å². The highest BCUT2D eigenvalue weighted by molar-refractivity contribution is 6.00. The molecule has 0 radical (unpaired) electrons. The second-order valence-corrected chi connectivity index (χ2v) is 5.75. The van der Waals surface area contributed by atoms with E-state index in [1.54, 1.807) is 30.0 Å². The third-order valence-corrected chi connectivity index (χ3v) is 3.50. The number of ether oxygens (including phenoxy) is 2. The lowest BCUT2D eigenvalue weighted by Crippen LogP contribution is -2.42. The minimum atomic E-state index is -0.593. The molecule has 0 atom stereocenters. The van der Waals surface area contributed by atoms with Crippen molar-refractivity contribution in [2.24, 2.45) is 5.41 Å². The van der Waals surface area contributed by atoms with Gasteiger partial charge in [-0.2, -0.15) is 0 Å². The Balaban J connectivity index is 2.35. The molecule has 120 valence electrons. The summed E-state index contributed by atoms with van der Waals surface area (Å²) in [6.45, 7) is 8.52. The first-order valence-electron chi connectivity index (χ1n) is 7.41. The number of fused-ring (bicyclic) bond motifs is 1. The van der Waals surface area contributed by atoms with Crippen LogP contribution in [-0.2, 0) is 9.53 Å². The van der Waals surface area contributed by atoms with E-state index in [4.69, 9.17) is 9.47 Å². The van der Waals surface area contributed by atoms with Gasteiger partial charge in [-0.3, -0.25) is 10.1 Å². The van der Waals surface area contributed by atoms with Gasteiger partial charge in [-0.15, -0.1) is 0 Å². The zero-order chi connectivity index (χ0) is 16.3. The molecule has 1 heterocycles. The lowest BCUT2D eigenvalue weighted by atomic mass is 9.93. The van der Waals surface area contributed by atoms with Gasteiger partial charge in [0, 0.05) is 12.2 Å². The normalized spacial score (nSPS) is 16.4. The van der Waals surface area contributed by atoms with Crippen LogP contribution in [0, 0.1) is 5.41 Å². The molecule has 1 aliphatic rings. The molecule has 22 heavy (non-hydrogen) atoms. The number of carbonyl (C=O) groups is 2. The van der Waals surface area contributed by atoms with E-state index >= 15 is 0 Å². The van der Waals surface area contributed by atoms with Gasteiger partial charge in [0.2, 0.25) is 5.91 Å². The van der Waals surface area contributed by atoms with E-state index in [9.17, 15) is 9.59 Å². The number of amides is 2. The van der Waals surface area contributed by atoms with Gasteiger partial charge < -0.3 is 14.4 Å². The smallest absolute Gasteiger partial charge is 0.411 e. The Labute approximate surface area is 130 Å². The number of carbonyl (C=O) groups excluding carboxylic acids is 2. The van der Waals surface area contributed by atoms with E-state index in [1.807, 2.05) is 20.8 Å². The number of benzene rings is 1. The Kier molecular flexibility index (Phi) is 4.59. The van der Waals surface area contributed by atoms with Crippen LogP contribution in [0.1, 0.15) is 27.7 Å². The number of rotatable bonds is 3. The van der Waals surface area contributed by atoms with Crippen LogP contribution in [0.25, 0.3) is 0 Å². The van der Waals surface area contributed by atoms with Gasteiger partial charge in [-0.05, 0) is 45.9 Å². The summed E-state index contributed by atoms with van der Waals surface area (Å²) in [4.78, 5) is 25.8. The lowest BCUT2D eigenvalue weighted by molar-refractivity contribution is -0.127. The second kappa shape index (κ2) is 6.25. The molecule has 0 fully saturated rings. The van der Waals surface area contributed by atoms with Crippen molar-refractivity contribution in [3.8, 4) is 5.75 Å². The highest BCUT2D eigenvalue weighted by atomic mass is 16.5. The van der Waals surface area contributed by atoms with Crippen LogP contribution in [-0.4, -0.2) is 31.8 Å². The summed E-state index contributed by atoms with van der Waals surface area (Å²) in [5.74, 6) is 0.636. The van der Waals surface area contributed by atoms with Crippen LogP contribution >= 0.6 is 0 Å². The number of nitrogens with zero attached hydrogens (tertiary/aromatic N) is 1. The van der Waals surface area contributed by atoms with E-state index in [-0.39, 0.29) is 5.91 Å². The first-order valence-corrected chi connectivity index (χ1v) is 7.41. The van der Waals surface area contributed by atoms with E-state index in [0.29, 0.717) is 36.9 Å². The highest BCUT2D eigenvalue weighted by Crippen LogP contribution is 2.38. The monoisotopic (exact) mass is 306 g/mol. The fourth-order valence-electron chi connectivity index (χ4n) is 2.32. The molecule has 0 saturated heterocycles. The molecule has 1 aromatic rings. The molecule has 0 bridgehead atoms. The average Bonchev–Trinajstić information content (AvgIpc) is 2.55. The third kappa shape index (κ3) is 3.16. The SMILES string of the molecule is CCOC(=O)Nc1ccc2c(c1)N(CC)C(=O)C(C)(C)CO2. The summed E-state index contributed by atoms with van der Waals surface area (Å²) in [5.41, 5.74) is 0.628. The summed E-state index contributed by atoms with van der Waals surface area (Å²) in [5, 5.41) is 2.64. The van der Waals surface area contributed by atoms with Crippen LogP contribution in [0.5, 0.6) is 5.75 Å². The fourth-order valence-corrected chi connectivity index (χ4v) is 2.32. The first-order chi connectivity index (χ1) is 10.4. The van der Waals surface area contributed by atoms with Gasteiger partial charge in [0.1, 0.15) is 12.4 Å². The largest absolute Gasteiger partial charge is 0.490 e. The maximum Gasteiger partial charge on any atom is 0.411 e. The zero-order valence-corrected chi connectivity index (χ0v) is 13.4. The molecule has 0 unspecified atom stereocenters. The Morgan fingerprint density at radius 3 is 2.77 bits per heavy atom. The summed E-state index contributed by atoms with van der Waals surface area (Å²) in [6, 6.07) is 5.22. The molecule has 1 aromatic carbocycles. The standard InChI is InChI=1S/C16H22N2O4/c1-5-18-12-9-11(17-15(20)21-6-2)7-8-13(12)22-10-16(3,4)14(18)19/h7-9H,5-6,10H2,1-4H3,(H,17,20). The van der Waals surface area contributed by atoms with Gasteiger partial charge in [0.05, 0.1) is 17.7 Å². The maximum absolute atomic E-state index is 12.6. The quantitative estimate of drug-likeness (QED) is 0.932. The molecule has 0 aliphatic carbocycles. The minimum Gasteiger partial charge on any atom is -0.490 e. The summed E-state index contributed by atoms with van der Waals surface area (Å²) >= 11 is 0. The molecule has 1 aliphatic heterocycles. The summed E-state index contributed by atoms with van der Waals surface area (Å²) < 4.78 is 10.6. The molecule has 6 heteroatoms. The Morgan fingerprint density at radius 1 is 1.41 bits per heavy atom. The second-order valence-electron chi connectivity index (χ2n) is 5.75. The van der Waals surface area contributed by atoms with Gasteiger partial charge in [-0.25, -0.2) is 4.79 Å². The number of nitrogens with one attached hydrogen (secondary N) is 1. The molecule has 0 spiro atoms. The molecule has 0 aromatic heterocycles. The van der Waals surface area contributed by atoms with Gasteiger partial charge in [0.25, 0.3) is 0 Å². The third-order valence-electron chi connectivity index (χ3n) is 3.50.